The number of carbonyl (C=O) groups is 2. The first-order valence-electron chi connectivity index (χ1n) is 8.97. The van der Waals surface area contributed by atoms with Gasteiger partial charge in [-0.2, -0.15) is 0 Å². The van der Waals surface area contributed by atoms with E-state index in [1.165, 1.54) is 7.11 Å². The predicted molar refractivity (Wildman–Crippen MR) is 105 cm³/mol. The molecule has 1 fully saturated rings. The Kier molecular flexibility index (Phi) is 5.73. The van der Waals surface area contributed by atoms with E-state index in [0.717, 1.165) is 5.56 Å². The number of methoxy groups -OCH3 is 3. The lowest BCUT2D eigenvalue weighted by Gasteiger charge is -2.17. The summed E-state index contributed by atoms with van der Waals surface area (Å²) in [4.78, 5) is 25.5. The van der Waals surface area contributed by atoms with E-state index in [4.69, 9.17) is 14.2 Å². The van der Waals surface area contributed by atoms with Gasteiger partial charge in [-0.05, 0) is 31.0 Å². The molecule has 0 aromatic heterocycles. The Morgan fingerprint density at radius 2 is 1.57 bits per heavy atom. The lowest BCUT2D eigenvalue weighted by atomic mass is 10.0. The molecule has 28 heavy (non-hydrogen) atoms. The van der Waals surface area contributed by atoms with Crippen LogP contribution in [0.25, 0.3) is 0 Å². The fourth-order valence-corrected chi connectivity index (χ4v) is 3.04. The van der Waals surface area contributed by atoms with Crippen molar-refractivity contribution in [2.75, 3.05) is 26.6 Å². The molecule has 0 unspecified atom stereocenters. The first-order valence-corrected chi connectivity index (χ1v) is 8.97. The zero-order valence-corrected chi connectivity index (χ0v) is 16.2. The number of amides is 2. The van der Waals surface area contributed by atoms with Crippen molar-refractivity contribution < 1.29 is 23.8 Å². The largest absolute Gasteiger partial charge is 0.496 e. The number of anilines is 1. The molecular weight excluding hydrogens is 360 g/mol. The molecule has 7 heteroatoms. The highest BCUT2D eigenvalue weighted by atomic mass is 16.5. The lowest BCUT2D eigenvalue weighted by Crippen LogP contribution is -2.39. The van der Waals surface area contributed by atoms with Crippen molar-refractivity contribution in [3.05, 3.63) is 48.0 Å². The first-order chi connectivity index (χ1) is 13.5. The van der Waals surface area contributed by atoms with Crippen LogP contribution >= 0.6 is 0 Å². The van der Waals surface area contributed by atoms with Crippen LogP contribution < -0.4 is 24.8 Å². The van der Waals surface area contributed by atoms with Gasteiger partial charge in [-0.3, -0.25) is 9.59 Å². The average molecular weight is 384 g/mol. The Hall–Kier alpha value is -3.22. The Labute approximate surface area is 164 Å². The van der Waals surface area contributed by atoms with Crippen LogP contribution in [-0.4, -0.2) is 33.1 Å². The molecule has 0 heterocycles. The van der Waals surface area contributed by atoms with E-state index in [0.29, 0.717) is 42.3 Å². The van der Waals surface area contributed by atoms with Crippen LogP contribution in [0.3, 0.4) is 0 Å². The predicted octanol–water partition coefficient (Wildman–Crippen LogP) is 2.75. The highest BCUT2D eigenvalue weighted by molar-refractivity contribution is 6.13. The van der Waals surface area contributed by atoms with Gasteiger partial charge in [0.15, 0.2) is 11.5 Å². The zero-order chi connectivity index (χ0) is 20.1. The Morgan fingerprint density at radius 3 is 2.21 bits per heavy atom. The molecular formula is C21H24N2O5. The second-order valence-corrected chi connectivity index (χ2v) is 6.60. The van der Waals surface area contributed by atoms with Crippen molar-refractivity contribution in [3.8, 4) is 17.2 Å². The number of carbonyl (C=O) groups excluding carboxylic acids is 2. The van der Waals surface area contributed by atoms with Gasteiger partial charge in [0.25, 0.3) is 0 Å². The van der Waals surface area contributed by atoms with Gasteiger partial charge >= 0.3 is 0 Å². The highest BCUT2D eigenvalue weighted by Gasteiger charge is 2.56. The van der Waals surface area contributed by atoms with Crippen molar-refractivity contribution in [2.24, 2.45) is 5.41 Å². The van der Waals surface area contributed by atoms with Gasteiger partial charge in [0, 0.05) is 23.9 Å². The number of ether oxygens (including phenoxy) is 3. The molecule has 1 aliphatic rings. The van der Waals surface area contributed by atoms with Crippen LogP contribution in [0.4, 0.5) is 5.69 Å². The molecule has 0 saturated heterocycles. The maximum Gasteiger partial charge on any atom is 0.240 e. The molecule has 2 aromatic carbocycles. The van der Waals surface area contributed by atoms with Gasteiger partial charge < -0.3 is 24.8 Å². The normalized spacial score (nSPS) is 14.0. The van der Waals surface area contributed by atoms with E-state index < -0.39 is 5.41 Å². The molecule has 2 N–H and O–H groups in total. The topological polar surface area (TPSA) is 85.9 Å². The number of nitrogens with one attached hydrogen (secondary N) is 2. The summed E-state index contributed by atoms with van der Waals surface area (Å²) in [6, 6.07) is 12.5. The van der Waals surface area contributed by atoms with E-state index >= 15 is 0 Å². The summed E-state index contributed by atoms with van der Waals surface area (Å²) in [5.41, 5.74) is 0.371. The summed E-state index contributed by atoms with van der Waals surface area (Å²) in [6.07, 6.45) is 1.04. The average Bonchev–Trinajstić information content (AvgIpc) is 3.54. The van der Waals surface area contributed by atoms with Crippen molar-refractivity contribution in [2.45, 2.75) is 19.4 Å². The summed E-state index contributed by atoms with van der Waals surface area (Å²) < 4.78 is 15.7. The second-order valence-electron chi connectivity index (χ2n) is 6.60. The number of hydrogen-bond donors (Lipinski definition) is 2. The number of rotatable bonds is 8. The van der Waals surface area contributed by atoms with E-state index in [-0.39, 0.29) is 11.8 Å². The third-order valence-electron chi connectivity index (χ3n) is 4.89. The monoisotopic (exact) mass is 384 g/mol. The fourth-order valence-electron chi connectivity index (χ4n) is 3.04. The van der Waals surface area contributed by atoms with Crippen molar-refractivity contribution in [1.29, 1.82) is 0 Å². The summed E-state index contributed by atoms with van der Waals surface area (Å²) in [6.45, 7) is 0.300. The van der Waals surface area contributed by atoms with Gasteiger partial charge in [0.1, 0.15) is 11.2 Å². The minimum absolute atomic E-state index is 0.281. The summed E-state index contributed by atoms with van der Waals surface area (Å²) in [7, 11) is 4.65. The maximum absolute atomic E-state index is 12.8. The minimum atomic E-state index is -1.03. The van der Waals surface area contributed by atoms with Crippen LogP contribution in [0.1, 0.15) is 18.4 Å². The van der Waals surface area contributed by atoms with Gasteiger partial charge in [-0.25, -0.2) is 0 Å². The van der Waals surface area contributed by atoms with Gasteiger partial charge in [0.2, 0.25) is 11.8 Å². The van der Waals surface area contributed by atoms with Crippen molar-refractivity contribution in [3.63, 3.8) is 0 Å². The Bertz CT molecular complexity index is 877. The number of para-hydroxylation sites is 1. The van der Waals surface area contributed by atoms with E-state index in [2.05, 4.69) is 10.6 Å². The molecule has 2 aromatic rings. The number of benzene rings is 2. The van der Waals surface area contributed by atoms with Crippen LogP contribution in [0, 0.1) is 5.41 Å². The third kappa shape index (κ3) is 3.88. The molecule has 3 rings (SSSR count). The molecule has 148 valence electrons. The molecule has 0 radical (unpaired) electrons. The zero-order valence-electron chi connectivity index (χ0n) is 16.2. The maximum atomic E-state index is 12.8. The van der Waals surface area contributed by atoms with Crippen LogP contribution in [0.5, 0.6) is 17.2 Å². The molecule has 0 bridgehead atoms. The van der Waals surface area contributed by atoms with Crippen LogP contribution in [-0.2, 0) is 16.1 Å². The van der Waals surface area contributed by atoms with E-state index in [1.807, 2.05) is 24.3 Å². The minimum Gasteiger partial charge on any atom is -0.496 e. The molecule has 0 atom stereocenters. The summed E-state index contributed by atoms with van der Waals surface area (Å²) in [5.74, 6) is 1.16. The fraction of sp³-hybridized carbons (Fsp3) is 0.333. The SMILES string of the molecule is COc1ccccc1CNC(=O)C1(C(=O)Nc2ccc(OC)c(OC)c2)CC1. The quantitative estimate of drug-likeness (QED) is 0.684. The van der Waals surface area contributed by atoms with Gasteiger partial charge in [-0.15, -0.1) is 0 Å². The van der Waals surface area contributed by atoms with Gasteiger partial charge in [0.05, 0.1) is 21.3 Å². The van der Waals surface area contributed by atoms with E-state index in [9.17, 15) is 9.59 Å². The van der Waals surface area contributed by atoms with Crippen LogP contribution in [0.2, 0.25) is 0 Å². The standard InChI is InChI=1S/C21H24N2O5/c1-26-16-7-5-4-6-14(16)13-22-19(24)21(10-11-21)20(25)23-15-8-9-17(27-2)18(12-15)28-3/h4-9,12H,10-11,13H2,1-3H3,(H,22,24)(H,23,25). The van der Waals surface area contributed by atoms with Crippen molar-refractivity contribution in [1.82, 2.24) is 5.32 Å². The van der Waals surface area contributed by atoms with Gasteiger partial charge in [-0.1, -0.05) is 18.2 Å². The molecule has 0 aliphatic heterocycles. The first kappa shape index (κ1) is 19.5. The smallest absolute Gasteiger partial charge is 0.240 e. The summed E-state index contributed by atoms with van der Waals surface area (Å²) >= 11 is 0. The number of hydrogen-bond acceptors (Lipinski definition) is 5. The van der Waals surface area contributed by atoms with E-state index in [1.54, 1.807) is 32.4 Å². The molecule has 1 aliphatic carbocycles. The van der Waals surface area contributed by atoms with Crippen LogP contribution in [0.15, 0.2) is 42.5 Å². The Morgan fingerprint density at radius 1 is 0.893 bits per heavy atom. The summed E-state index contributed by atoms with van der Waals surface area (Å²) in [5, 5.41) is 5.67. The highest BCUT2D eigenvalue weighted by Crippen LogP contribution is 2.47. The molecule has 0 spiro atoms. The van der Waals surface area contributed by atoms with Crippen molar-refractivity contribution >= 4 is 17.5 Å². The lowest BCUT2D eigenvalue weighted by molar-refractivity contribution is -0.134. The molecule has 2 amide bonds. The second kappa shape index (κ2) is 8.21. The Balaban J connectivity index is 1.65. The third-order valence-corrected chi connectivity index (χ3v) is 4.89. The molecule has 1 saturated carbocycles. The molecule has 7 nitrogen and oxygen atoms in total.